The Kier molecular flexibility index (Phi) is 8.39. The van der Waals surface area contributed by atoms with Crippen molar-refractivity contribution < 1.29 is 22.8 Å². The fourth-order valence-electron chi connectivity index (χ4n) is 3.55. The van der Waals surface area contributed by atoms with Crippen LogP contribution in [0.1, 0.15) is 38.1 Å². The minimum absolute atomic E-state index is 0.137. The van der Waals surface area contributed by atoms with Gasteiger partial charge in [0.15, 0.2) is 0 Å². The maximum Gasteiger partial charge on any atom is 0.272 e. The number of nitriles is 2. The number of carbonyl (C=O) groups is 3. The molecule has 1 aliphatic rings. The van der Waals surface area contributed by atoms with E-state index in [1.54, 1.807) is 12.1 Å². The summed E-state index contributed by atoms with van der Waals surface area (Å²) in [5, 5.41) is 20.8. The second kappa shape index (κ2) is 11.3. The van der Waals surface area contributed by atoms with Crippen LogP contribution >= 0.6 is 11.3 Å². The molecule has 0 aliphatic carbocycles. The van der Waals surface area contributed by atoms with Crippen molar-refractivity contribution in [1.82, 2.24) is 20.1 Å². The van der Waals surface area contributed by atoms with E-state index in [1.165, 1.54) is 42.5 Å². The van der Waals surface area contributed by atoms with E-state index in [1.807, 2.05) is 7.05 Å². The largest absolute Gasteiger partial charge is 0.313 e. The fourth-order valence-corrected chi connectivity index (χ4v) is 6.11. The molecule has 0 fully saturated rings. The third kappa shape index (κ3) is 5.87. The number of hydrogen-bond donors (Lipinski definition) is 3. The van der Waals surface area contributed by atoms with Gasteiger partial charge in [0.05, 0.1) is 22.6 Å². The van der Waals surface area contributed by atoms with Crippen molar-refractivity contribution in [1.29, 1.82) is 10.5 Å². The van der Waals surface area contributed by atoms with Gasteiger partial charge in [-0.15, -0.1) is 11.3 Å². The van der Waals surface area contributed by atoms with Crippen molar-refractivity contribution in [3.05, 3.63) is 45.8 Å². The van der Waals surface area contributed by atoms with Gasteiger partial charge in [-0.1, -0.05) is 0 Å². The molecular formula is C22H23N7O5S2. The second-order valence-corrected chi connectivity index (χ2v) is 10.9. The van der Waals surface area contributed by atoms with Gasteiger partial charge in [-0.2, -0.15) is 14.8 Å². The molecule has 1 aromatic carbocycles. The standard InChI is InChI=1S/C22H23N7O5S2/c1-14(30)26-27-21(32)19-17-7-10-28(2)13-18(17)35-22(19)25-20(31)15-3-5-16(6-4-15)36(33,34)29(11-8-23)12-9-24/h3-6H,7,10-13H2,1-2H3,(H,25,31)(H,26,30)(H,27,32). The van der Waals surface area contributed by atoms with Crippen LogP contribution in [-0.2, 0) is 27.8 Å². The van der Waals surface area contributed by atoms with Crippen molar-refractivity contribution in [3.63, 3.8) is 0 Å². The van der Waals surface area contributed by atoms with Gasteiger partial charge in [0.25, 0.3) is 11.8 Å². The van der Waals surface area contributed by atoms with Crippen LogP contribution in [-0.4, -0.2) is 62.0 Å². The van der Waals surface area contributed by atoms with E-state index in [0.29, 0.717) is 18.0 Å². The number of amides is 3. The lowest BCUT2D eigenvalue weighted by molar-refractivity contribution is -0.119. The topological polar surface area (TPSA) is 176 Å². The Bertz CT molecular complexity index is 1360. The van der Waals surface area contributed by atoms with Gasteiger partial charge >= 0.3 is 0 Å². The van der Waals surface area contributed by atoms with Crippen LogP contribution in [0.2, 0.25) is 0 Å². The molecule has 1 aliphatic heterocycles. The molecule has 1 aromatic heterocycles. The number of carbonyl (C=O) groups excluding carboxylic acids is 3. The Morgan fingerprint density at radius 1 is 1.08 bits per heavy atom. The number of anilines is 1. The van der Waals surface area contributed by atoms with E-state index in [9.17, 15) is 22.8 Å². The zero-order valence-electron chi connectivity index (χ0n) is 19.5. The molecule has 3 N–H and O–H groups in total. The highest BCUT2D eigenvalue weighted by Gasteiger charge is 2.29. The predicted molar refractivity (Wildman–Crippen MR) is 130 cm³/mol. The molecule has 2 heterocycles. The summed E-state index contributed by atoms with van der Waals surface area (Å²) in [7, 11) is -2.15. The minimum atomic E-state index is -4.10. The van der Waals surface area contributed by atoms with E-state index in [0.717, 1.165) is 21.3 Å². The zero-order valence-corrected chi connectivity index (χ0v) is 21.1. The van der Waals surface area contributed by atoms with E-state index in [-0.39, 0.29) is 16.0 Å². The predicted octanol–water partition coefficient (Wildman–Crippen LogP) is 0.807. The molecule has 0 spiro atoms. The summed E-state index contributed by atoms with van der Waals surface area (Å²) in [5.41, 5.74) is 5.80. The zero-order chi connectivity index (χ0) is 26.5. The number of likely N-dealkylation sites (N-methyl/N-ethyl adjacent to an activating group) is 1. The summed E-state index contributed by atoms with van der Waals surface area (Å²) in [6.45, 7) is 1.61. The van der Waals surface area contributed by atoms with E-state index < -0.39 is 40.8 Å². The van der Waals surface area contributed by atoms with Gasteiger partial charge < -0.3 is 10.2 Å². The van der Waals surface area contributed by atoms with E-state index >= 15 is 0 Å². The Balaban J connectivity index is 1.86. The lowest BCUT2D eigenvalue weighted by Gasteiger charge is -2.22. The maximum absolute atomic E-state index is 13.0. The molecule has 0 atom stereocenters. The molecule has 0 bridgehead atoms. The monoisotopic (exact) mass is 529 g/mol. The molecule has 12 nitrogen and oxygen atoms in total. The maximum atomic E-state index is 13.0. The third-order valence-electron chi connectivity index (χ3n) is 5.30. The molecule has 36 heavy (non-hydrogen) atoms. The summed E-state index contributed by atoms with van der Waals surface area (Å²) < 4.78 is 26.1. The molecule has 0 saturated heterocycles. The van der Waals surface area contributed by atoms with Crippen LogP contribution < -0.4 is 16.2 Å². The molecule has 0 saturated carbocycles. The number of fused-ring (bicyclic) bond motifs is 1. The van der Waals surface area contributed by atoms with Crippen LogP contribution in [0.15, 0.2) is 29.2 Å². The number of rotatable bonds is 7. The number of hydrogen-bond acceptors (Lipinski definition) is 9. The summed E-state index contributed by atoms with van der Waals surface area (Å²) in [6, 6.07) is 8.46. The van der Waals surface area contributed by atoms with E-state index in [4.69, 9.17) is 10.5 Å². The highest BCUT2D eigenvalue weighted by Crippen LogP contribution is 2.37. The first-order valence-electron chi connectivity index (χ1n) is 10.6. The normalized spacial score (nSPS) is 13.2. The quantitative estimate of drug-likeness (QED) is 0.349. The third-order valence-corrected chi connectivity index (χ3v) is 8.24. The average molecular weight is 530 g/mol. The minimum Gasteiger partial charge on any atom is -0.313 e. The van der Waals surface area contributed by atoms with Crippen molar-refractivity contribution in [2.75, 3.05) is 32.0 Å². The number of benzene rings is 1. The van der Waals surface area contributed by atoms with Crippen molar-refractivity contribution in [3.8, 4) is 12.1 Å². The Morgan fingerprint density at radius 3 is 2.31 bits per heavy atom. The number of nitrogens with zero attached hydrogens (tertiary/aromatic N) is 4. The molecule has 0 radical (unpaired) electrons. The Hall–Kier alpha value is -3.82. The summed E-state index contributed by atoms with van der Waals surface area (Å²) in [5.74, 6) is -1.57. The summed E-state index contributed by atoms with van der Waals surface area (Å²) in [6.07, 6.45) is 0.593. The summed E-state index contributed by atoms with van der Waals surface area (Å²) in [4.78, 5) is 39.9. The first kappa shape index (κ1) is 26.8. The number of nitrogens with one attached hydrogen (secondary N) is 3. The van der Waals surface area contributed by atoms with Crippen molar-refractivity contribution in [2.24, 2.45) is 0 Å². The molecular weight excluding hydrogens is 506 g/mol. The fraction of sp³-hybridized carbons (Fsp3) is 0.318. The smallest absolute Gasteiger partial charge is 0.272 e. The Labute approximate surface area is 212 Å². The first-order valence-corrected chi connectivity index (χ1v) is 12.9. The van der Waals surface area contributed by atoms with Crippen LogP contribution in [0.4, 0.5) is 5.00 Å². The van der Waals surface area contributed by atoms with Gasteiger partial charge in [-0.3, -0.25) is 25.2 Å². The number of sulfonamides is 1. The lowest BCUT2D eigenvalue weighted by Crippen LogP contribution is -2.41. The van der Waals surface area contributed by atoms with Gasteiger partial charge in [0.1, 0.15) is 18.1 Å². The van der Waals surface area contributed by atoms with Gasteiger partial charge in [-0.05, 0) is 43.3 Å². The van der Waals surface area contributed by atoms with Crippen LogP contribution in [0.25, 0.3) is 0 Å². The summed E-state index contributed by atoms with van der Waals surface area (Å²) >= 11 is 1.26. The molecule has 3 amide bonds. The first-order chi connectivity index (χ1) is 17.1. The number of thiophene rings is 1. The van der Waals surface area contributed by atoms with Gasteiger partial charge in [0, 0.05) is 30.5 Å². The van der Waals surface area contributed by atoms with Crippen LogP contribution in [0, 0.1) is 22.7 Å². The van der Waals surface area contributed by atoms with Crippen molar-refractivity contribution >= 4 is 44.1 Å². The molecule has 2 aromatic rings. The van der Waals surface area contributed by atoms with Crippen LogP contribution in [0.3, 0.4) is 0 Å². The van der Waals surface area contributed by atoms with Crippen LogP contribution in [0.5, 0.6) is 0 Å². The molecule has 3 rings (SSSR count). The lowest BCUT2D eigenvalue weighted by atomic mass is 10.0. The molecule has 0 unspecified atom stereocenters. The molecule has 188 valence electrons. The Morgan fingerprint density at radius 2 is 1.72 bits per heavy atom. The van der Waals surface area contributed by atoms with Gasteiger partial charge in [-0.25, -0.2) is 8.42 Å². The number of hydrazine groups is 1. The highest BCUT2D eigenvalue weighted by molar-refractivity contribution is 7.89. The average Bonchev–Trinajstić information content (AvgIpc) is 3.19. The van der Waals surface area contributed by atoms with Gasteiger partial charge in [0.2, 0.25) is 15.9 Å². The SMILES string of the molecule is CC(=O)NNC(=O)c1c(NC(=O)c2ccc(S(=O)(=O)N(CC#N)CC#N)cc2)sc2c1CCN(C)C2. The molecule has 14 heteroatoms. The highest BCUT2D eigenvalue weighted by atomic mass is 32.2. The van der Waals surface area contributed by atoms with Crippen molar-refractivity contribution in [2.45, 2.75) is 24.8 Å². The second-order valence-electron chi connectivity index (χ2n) is 7.90. The van der Waals surface area contributed by atoms with E-state index in [2.05, 4.69) is 21.1 Å².